The first-order valence-electron chi connectivity index (χ1n) is 21.3. The minimum atomic E-state index is -4.88. The third-order valence-electron chi connectivity index (χ3n) is 11.7. The predicted octanol–water partition coefficient (Wildman–Crippen LogP) is 4.48. The second-order valence-electron chi connectivity index (χ2n) is 17.1. The van der Waals surface area contributed by atoms with Gasteiger partial charge in [0, 0.05) is 43.0 Å². The van der Waals surface area contributed by atoms with E-state index in [-0.39, 0.29) is 44.7 Å². The predicted molar refractivity (Wildman–Crippen MR) is 223 cm³/mol. The number of likely N-dealkylation sites (N-methyl/N-ethyl adjacent to an activating group) is 1. The molecule has 4 rings (SSSR count). The maximum atomic E-state index is 14.7. The summed E-state index contributed by atoms with van der Waals surface area (Å²) in [5.41, 5.74) is -2.21. The van der Waals surface area contributed by atoms with Crippen molar-refractivity contribution in [1.82, 2.24) is 36.0 Å². The molecule has 62 heavy (non-hydrogen) atoms. The third kappa shape index (κ3) is 12.3. The molecular formula is C42H59Cl2F4N7O7. The van der Waals surface area contributed by atoms with Gasteiger partial charge in [-0.05, 0) is 88.0 Å². The van der Waals surface area contributed by atoms with E-state index < -0.39 is 121 Å². The molecule has 14 nitrogen and oxygen atoms in total. The van der Waals surface area contributed by atoms with Crippen LogP contribution in [0.25, 0.3) is 0 Å². The molecule has 0 radical (unpaired) electrons. The molecule has 0 aromatic heterocycles. The maximum Gasteiger partial charge on any atom is 0.403 e. The van der Waals surface area contributed by atoms with E-state index in [1.165, 1.54) is 16.7 Å². The molecule has 1 saturated carbocycles. The fraction of sp³-hybridized carbons (Fsp3) is 0.690. The summed E-state index contributed by atoms with van der Waals surface area (Å²) < 4.78 is 56.1. The summed E-state index contributed by atoms with van der Waals surface area (Å²) >= 11 is 12.8. The van der Waals surface area contributed by atoms with E-state index in [4.69, 9.17) is 23.2 Å². The highest BCUT2D eigenvalue weighted by Crippen LogP contribution is 2.59. The van der Waals surface area contributed by atoms with Gasteiger partial charge in [-0.3, -0.25) is 33.6 Å². The molecule has 7 amide bonds. The highest BCUT2D eigenvalue weighted by molar-refractivity contribution is 6.33. The average molecular weight is 921 g/mol. The van der Waals surface area contributed by atoms with Crippen LogP contribution < -0.4 is 21.3 Å². The molecule has 2 heterocycles. The zero-order chi connectivity index (χ0) is 46.3. The Balaban J connectivity index is 1.63. The van der Waals surface area contributed by atoms with Crippen molar-refractivity contribution in [1.29, 1.82) is 0 Å². The van der Waals surface area contributed by atoms with Gasteiger partial charge in [-0.2, -0.15) is 13.2 Å². The largest absolute Gasteiger partial charge is 0.403 e. The smallest absolute Gasteiger partial charge is 0.344 e. The summed E-state index contributed by atoms with van der Waals surface area (Å²) in [6.45, 7) is 8.16. The Labute approximate surface area is 369 Å². The topological polar surface area (TPSA) is 177 Å². The van der Waals surface area contributed by atoms with E-state index in [0.717, 1.165) is 0 Å². The number of nitrogens with one attached hydrogen (secondary N) is 4. The number of hydrogen-bond acceptors (Lipinski definition) is 7. The van der Waals surface area contributed by atoms with Crippen molar-refractivity contribution in [3.63, 3.8) is 0 Å². The number of rotatable bonds is 12. The number of benzene rings is 1. The van der Waals surface area contributed by atoms with Crippen molar-refractivity contribution >= 4 is 64.6 Å². The molecule has 346 valence electrons. The van der Waals surface area contributed by atoms with Crippen molar-refractivity contribution in [2.45, 2.75) is 147 Å². The average Bonchev–Trinajstić information content (AvgIpc) is 3.94. The van der Waals surface area contributed by atoms with Crippen molar-refractivity contribution < 1.29 is 51.1 Å². The Kier molecular flexibility index (Phi) is 17.5. The van der Waals surface area contributed by atoms with Gasteiger partial charge in [0.05, 0.1) is 6.54 Å². The minimum Gasteiger partial charge on any atom is -0.344 e. The van der Waals surface area contributed by atoms with Crippen LogP contribution in [0, 0.1) is 11.3 Å². The lowest BCUT2D eigenvalue weighted by atomic mass is 9.98. The Hall–Kier alpha value is -4.19. The summed E-state index contributed by atoms with van der Waals surface area (Å²) in [5, 5.41) is 11.3. The van der Waals surface area contributed by atoms with Crippen LogP contribution in [0.5, 0.6) is 0 Å². The molecular weight excluding hydrogens is 861 g/mol. The molecule has 0 spiro atoms. The van der Waals surface area contributed by atoms with E-state index in [1.807, 2.05) is 20.8 Å². The van der Waals surface area contributed by atoms with E-state index in [2.05, 4.69) is 21.3 Å². The Morgan fingerprint density at radius 3 is 2.27 bits per heavy atom. The zero-order valence-corrected chi connectivity index (χ0v) is 37.5. The van der Waals surface area contributed by atoms with Gasteiger partial charge in [0.15, 0.2) is 0 Å². The van der Waals surface area contributed by atoms with E-state index in [9.17, 15) is 51.1 Å². The molecule has 1 aromatic carbocycles. The molecule has 0 bridgehead atoms. The molecule has 1 aromatic rings. The molecule has 4 N–H and O–H groups in total. The van der Waals surface area contributed by atoms with Gasteiger partial charge in [-0.25, -0.2) is 4.39 Å². The lowest BCUT2D eigenvalue weighted by Crippen LogP contribution is -2.61. The van der Waals surface area contributed by atoms with Crippen molar-refractivity contribution in [2.75, 3.05) is 26.7 Å². The third-order valence-corrected chi connectivity index (χ3v) is 12.3. The minimum absolute atomic E-state index is 0.0292. The van der Waals surface area contributed by atoms with Crippen molar-refractivity contribution in [2.24, 2.45) is 11.3 Å². The molecule has 0 unspecified atom stereocenters. The Morgan fingerprint density at radius 1 is 1.00 bits per heavy atom. The number of alkyl halides is 4. The second-order valence-corrected chi connectivity index (χ2v) is 17.9. The SMILES string of the molecule is CCCN1C(=O)[C@H](CC(C)C)NC(=O)[C@@H](NC(=O)[C@H](CC)NC(=O)[C@@H]2C[C@@H](F)CN2C(=O)C2(C(F)(F)F)CC2)CCCCN(C)C(=O)[C@@H](C)NC(=O)[C@@H]1Cc1cc(Cl)ccc1Cl. The normalized spacial score (nSPS) is 25.9. The van der Waals surface area contributed by atoms with Crippen LogP contribution in [-0.2, 0) is 40.0 Å². The Morgan fingerprint density at radius 2 is 1.68 bits per heavy atom. The van der Waals surface area contributed by atoms with E-state index in [1.54, 1.807) is 32.2 Å². The maximum absolute atomic E-state index is 14.7. The first-order valence-corrected chi connectivity index (χ1v) is 22.0. The summed E-state index contributed by atoms with van der Waals surface area (Å²) in [7, 11) is 1.55. The van der Waals surface area contributed by atoms with Crippen LogP contribution in [0.3, 0.4) is 0 Å². The molecule has 3 aliphatic rings. The summed E-state index contributed by atoms with van der Waals surface area (Å²) in [6, 6.07) is -2.88. The summed E-state index contributed by atoms with van der Waals surface area (Å²) in [4.78, 5) is 100. The molecule has 20 heteroatoms. The lowest BCUT2D eigenvalue weighted by molar-refractivity contribution is -0.199. The number of hydrogen-bond donors (Lipinski definition) is 4. The van der Waals surface area contributed by atoms with Crippen LogP contribution in [0.1, 0.15) is 98.0 Å². The van der Waals surface area contributed by atoms with Gasteiger partial charge in [0.1, 0.15) is 47.8 Å². The Bertz CT molecular complexity index is 1830. The van der Waals surface area contributed by atoms with Gasteiger partial charge >= 0.3 is 6.18 Å². The zero-order valence-electron chi connectivity index (χ0n) is 36.0. The van der Waals surface area contributed by atoms with Crippen molar-refractivity contribution in [3.05, 3.63) is 33.8 Å². The van der Waals surface area contributed by atoms with E-state index >= 15 is 0 Å². The molecule has 2 aliphatic heterocycles. The molecule has 3 fully saturated rings. The quantitative estimate of drug-likeness (QED) is 0.224. The monoisotopic (exact) mass is 919 g/mol. The molecule has 2 saturated heterocycles. The van der Waals surface area contributed by atoms with Gasteiger partial charge < -0.3 is 36.0 Å². The van der Waals surface area contributed by atoms with Gasteiger partial charge in [0.2, 0.25) is 41.4 Å². The number of carbonyl (C=O) groups is 7. The van der Waals surface area contributed by atoms with Crippen molar-refractivity contribution in [3.8, 4) is 0 Å². The number of nitrogens with zero attached hydrogens (tertiary/aromatic N) is 3. The second kappa shape index (κ2) is 21.5. The molecule has 1 aliphatic carbocycles. The first kappa shape index (κ1) is 50.5. The lowest BCUT2D eigenvalue weighted by Gasteiger charge is -2.36. The highest BCUT2D eigenvalue weighted by atomic mass is 35.5. The highest BCUT2D eigenvalue weighted by Gasteiger charge is 2.70. The number of carbonyl (C=O) groups excluding carboxylic acids is 7. The van der Waals surface area contributed by atoms with Crippen LogP contribution >= 0.6 is 23.2 Å². The summed E-state index contributed by atoms with van der Waals surface area (Å²) in [6.07, 6.45) is -7.05. The fourth-order valence-electron chi connectivity index (χ4n) is 8.03. The summed E-state index contributed by atoms with van der Waals surface area (Å²) in [5.74, 6) is -5.76. The van der Waals surface area contributed by atoms with Crippen LogP contribution in [0.2, 0.25) is 10.0 Å². The van der Waals surface area contributed by atoms with Crippen LogP contribution in [-0.4, -0.2) is 131 Å². The fourth-order valence-corrected chi connectivity index (χ4v) is 8.42. The number of halogens is 6. The van der Waals surface area contributed by atoms with E-state index in [0.29, 0.717) is 39.8 Å². The van der Waals surface area contributed by atoms with Gasteiger partial charge in [-0.15, -0.1) is 0 Å². The standard InChI is InChI=1S/C42H59Cl2F4N7O7/c1-7-16-54-32(20-25-19-26(43)12-13-28(25)44)36(58)49-24(5)38(60)53(6)17-10-9-11-30(35(57)52-31(39(54)61)18-23(3)4)51-34(56)29(8-2)50-37(59)33-21-27(45)22-55(33)40(62)41(14-15-41)42(46,47)48/h12-13,19,23-24,27,29-33H,7-11,14-18,20-22H2,1-6H3,(H,49,58)(H,50,59)(H,51,56)(H,52,57)/t24-,27-,29+,30+,31+,32+,33+/m1/s1. The first-order chi connectivity index (χ1) is 29.0. The van der Waals surface area contributed by atoms with Crippen LogP contribution in [0.15, 0.2) is 18.2 Å². The van der Waals surface area contributed by atoms with Gasteiger partial charge in [0.25, 0.3) is 0 Å². The number of likely N-dealkylation sites (tertiary alicyclic amines) is 1. The van der Waals surface area contributed by atoms with Crippen LogP contribution in [0.4, 0.5) is 17.6 Å². The van der Waals surface area contributed by atoms with Gasteiger partial charge in [-0.1, -0.05) is 50.9 Å². The number of amides is 7. The molecule has 7 atom stereocenters.